The molecule has 7 N–H and O–H groups in total. The van der Waals surface area contributed by atoms with Crippen molar-refractivity contribution in [2.75, 3.05) is 10.6 Å². The summed E-state index contributed by atoms with van der Waals surface area (Å²) in [4.78, 5) is 31.3. The number of anilines is 3. The molecule has 1 aliphatic rings. The van der Waals surface area contributed by atoms with E-state index in [1.54, 1.807) is 6.92 Å². The van der Waals surface area contributed by atoms with Crippen molar-refractivity contribution in [1.82, 2.24) is 9.97 Å². The van der Waals surface area contributed by atoms with Gasteiger partial charge in [0.1, 0.15) is 5.82 Å². The molecule has 2 aromatic heterocycles. The van der Waals surface area contributed by atoms with Crippen molar-refractivity contribution >= 4 is 29.2 Å². The number of carboxylic acids is 1. The molecule has 0 aromatic carbocycles. The summed E-state index contributed by atoms with van der Waals surface area (Å²) in [5.41, 5.74) is 11.9. The van der Waals surface area contributed by atoms with Crippen LogP contribution in [0.5, 0.6) is 0 Å². The minimum absolute atomic E-state index is 0.00669. The first-order valence-electron chi connectivity index (χ1n) is 9.25. The molecule has 9 nitrogen and oxygen atoms in total. The highest BCUT2D eigenvalue weighted by Gasteiger charge is 2.24. The summed E-state index contributed by atoms with van der Waals surface area (Å²) in [5.74, 6) is -2.81. The summed E-state index contributed by atoms with van der Waals surface area (Å²) in [5, 5.41) is 15.1. The van der Waals surface area contributed by atoms with E-state index in [-0.39, 0.29) is 40.5 Å². The van der Waals surface area contributed by atoms with E-state index in [0.717, 1.165) is 31.7 Å². The smallest absolute Gasteiger partial charge is 0.337 e. The van der Waals surface area contributed by atoms with Crippen molar-refractivity contribution in [3.63, 3.8) is 0 Å². The molecule has 0 unspecified atom stereocenters. The highest BCUT2D eigenvalue weighted by Crippen LogP contribution is 2.27. The van der Waals surface area contributed by atoms with Crippen LogP contribution in [-0.2, 0) is 0 Å². The third-order valence-corrected chi connectivity index (χ3v) is 4.96. The van der Waals surface area contributed by atoms with Gasteiger partial charge in [-0.15, -0.1) is 0 Å². The second-order valence-corrected chi connectivity index (χ2v) is 7.07. The normalized spacial score (nSPS) is 18.9. The third-order valence-electron chi connectivity index (χ3n) is 4.96. The Morgan fingerprint density at radius 1 is 1.21 bits per heavy atom. The number of nitrogens with zero attached hydrogens (tertiary/aromatic N) is 2. The summed E-state index contributed by atoms with van der Waals surface area (Å²) < 4.78 is 14.5. The molecule has 2 aromatic rings. The maximum atomic E-state index is 14.5. The summed E-state index contributed by atoms with van der Waals surface area (Å²) in [7, 11) is 0. The number of hydrogen-bond acceptors (Lipinski definition) is 7. The van der Waals surface area contributed by atoms with Gasteiger partial charge in [-0.2, -0.15) is 0 Å². The van der Waals surface area contributed by atoms with Gasteiger partial charge >= 0.3 is 5.97 Å². The summed E-state index contributed by atoms with van der Waals surface area (Å²) in [6.07, 6.45) is 5.00. The lowest BCUT2D eigenvalue weighted by molar-refractivity contribution is 0.0695. The fourth-order valence-electron chi connectivity index (χ4n) is 3.34. The molecular weight excluding hydrogens is 379 g/mol. The van der Waals surface area contributed by atoms with E-state index >= 15 is 0 Å². The van der Waals surface area contributed by atoms with Crippen molar-refractivity contribution in [1.29, 1.82) is 0 Å². The number of halogens is 1. The number of primary amides is 1. The number of carbonyl (C=O) groups is 2. The van der Waals surface area contributed by atoms with Crippen molar-refractivity contribution in [3.05, 3.63) is 41.0 Å². The molecule has 0 aliphatic heterocycles. The number of carboxylic acid groups (broad SMARTS) is 1. The number of pyridine rings is 2. The molecule has 0 radical (unpaired) electrons. The first-order chi connectivity index (χ1) is 13.8. The zero-order valence-corrected chi connectivity index (χ0v) is 15.9. The molecule has 1 fully saturated rings. The zero-order valence-electron chi connectivity index (χ0n) is 15.9. The molecule has 2 atom stereocenters. The number of rotatable bonds is 6. The van der Waals surface area contributed by atoms with Crippen LogP contribution in [-0.4, -0.2) is 39.0 Å². The largest absolute Gasteiger partial charge is 0.478 e. The third kappa shape index (κ3) is 4.60. The first kappa shape index (κ1) is 20.5. The van der Waals surface area contributed by atoms with E-state index in [4.69, 9.17) is 11.5 Å². The van der Waals surface area contributed by atoms with Crippen LogP contribution in [0.25, 0.3) is 0 Å². The zero-order chi connectivity index (χ0) is 21.1. The quantitative estimate of drug-likeness (QED) is 0.492. The van der Waals surface area contributed by atoms with E-state index in [2.05, 4.69) is 20.6 Å². The lowest BCUT2D eigenvalue weighted by Crippen LogP contribution is -2.43. The minimum Gasteiger partial charge on any atom is -0.478 e. The number of aryl methyl sites for hydroxylation is 1. The number of amides is 1. The molecule has 10 heteroatoms. The van der Waals surface area contributed by atoms with E-state index in [0.29, 0.717) is 5.69 Å². The Hall–Kier alpha value is -3.27. The van der Waals surface area contributed by atoms with Gasteiger partial charge in [-0.3, -0.25) is 9.78 Å². The van der Waals surface area contributed by atoms with Crippen LogP contribution in [0.2, 0.25) is 0 Å². The lowest BCUT2D eigenvalue weighted by atomic mass is 9.91. The summed E-state index contributed by atoms with van der Waals surface area (Å²) in [6.45, 7) is 1.56. The predicted octanol–water partition coefficient (Wildman–Crippen LogP) is 2.15. The molecule has 1 saturated carbocycles. The molecule has 1 aliphatic carbocycles. The van der Waals surface area contributed by atoms with Crippen LogP contribution in [0.4, 0.5) is 21.7 Å². The second kappa shape index (κ2) is 8.39. The topological polar surface area (TPSA) is 156 Å². The number of aromatic carboxylic acids is 1. The van der Waals surface area contributed by atoms with Gasteiger partial charge in [-0.25, -0.2) is 14.2 Å². The Balaban J connectivity index is 1.95. The first-order valence-corrected chi connectivity index (χ1v) is 9.25. The summed E-state index contributed by atoms with van der Waals surface area (Å²) in [6, 6.07) is 2.08. The highest BCUT2D eigenvalue weighted by atomic mass is 19.1. The van der Waals surface area contributed by atoms with Gasteiger partial charge in [0.15, 0.2) is 11.6 Å². The Labute approximate surface area is 166 Å². The van der Waals surface area contributed by atoms with Crippen LogP contribution in [0, 0.1) is 12.7 Å². The Kier molecular flexibility index (Phi) is 5.92. The second-order valence-electron chi connectivity index (χ2n) is 7.07. The van der Waals surface area contributed by atoms with Gasteiger partial charge in [-0.05, 0) is 31.9 Å². The molecule has 3 rings (SSSR count). The molecule has 0 bridgehead atoms. The van der Waals surface area contributed by atoms with Crippen molar-refractivity contribution < 1.29 is 19.1 Å². The Morgan fingerprint density at radius 2 is 1.93 bits per heavy atom. The van der Waals surface area contributed by atoms with E-state index in [1.165, 1.54) is 12.3 Å². The number of nitrogens with one attached hydrogen (secondary N) is 2. The number of carbonyl (C=O) groups excluding carboxylic acids is 1. The summed E-state index contributed by atoms with van der Waals surface area (Å²) >= 11 is 0. The average molecular weight is 402 g/mol. The van der Waals surface area contributed by atoms with Crippen LogP contribution in [0.15, 0.2) is 18.3 Å². The highest BCUT2D eigenvalue weighted by molar-refractivity contribution is 5.99. The average Bonchev–Trinajstić information content (AvgIpc) is 2.67. The van der Waals surface area contributed by atoms with Crippen molar-refractivity contribution in [2.45, 2.75) is 44.7 Å². The van der Waals surface area contributed by atoms with Crippen LogP contribution < -0.4 is 22.1 Å². The minimum atomic E-state index is -1.14. The Bertz CT molecular complexity index is 952. The molecule has 0 saturated heterocycles. The molecule has 2 heterocycles. The fourth-order valence-corrected chi connectivity index (χ4v) is 3.34. The van der Waals surface area contributed by atoms with Crippen LogP contribution in [0.1, 0.15) is 52.1 Å². The molecule has 0 spiro atoms. The van der Waals surface area contributed by atoms with Gasteiger partial charge in [0.25, 0.3) is 5.91 Å². The van der Waals surface area contributed by atoms with E-state index in [9.17, 15) is 19.1 Å². The van der Waals surface area contributed by atoms with Gasteiger partial charge < -0.3 is 27.2 Å². The van der Waals surface area contributed by atoms with Crippen LogP contribution >= 0.6 is 0 Å². The van der Waals surface area contributed by atoms with Gasteiger partial charge in [0, 0.05) is 12.1 Å². The number of nitrogens with two attached hydrogens (primary N) is 2. The molecular formula is C19H23FN6O3. The maximum Gasteiger partial charge on any atom is 0.337 e. The SMILES string of the molecule is Cc1ncc(Nc2nc(N[C@@H]3CCCC[C@@H]3N)c(F)cc2C(N)=O)cc1C(=O)O. The van der Waals surface area contributed by atoms with Crippen LogP contribution in [0.3, 0.4) is 0 Å². The standard InChI is InChI=1S/C19H23FN6O3/c1-9-11(19(28)29)6-10(8-23-9)24-17-12(16(22)27)7-13(20)18(26-17)25-15-5-3-2-4-14(15)21/h6-8,14-15H,2-5,21H2,1H3,(H2,22,27)(H,28,29)(H2,24,25,26)/t14-,15+/m0/s1. The van der Waals surface area contributed by atoms with Gasteiger partial charge in [0.05, 0.1) is 28.7 Å². The number of aromatic nitrogens is 2. The van der Waals surface area contributed by atoms with Crippen molar-refractivity contribution in [2.24, 2.45) is 11.5 Å². The maximum absolute atomic E-state index is 14.5. The number of hydrogen-bond donors (Lipinski definition) is 5. The van der Waals surface area contributed by atoms with Gasteiger partial charge in [-0.1, -0.05) is 12.8 Å². The lowest BCUT2D eigenvalue weighted by Gasteiger charge is -2.30. The van der Waals surface area contributed by atoms with E-state index < -0.39 is 17.7 Å². The fraction of sp³-hybridized carbons (Fsp3) is 0.368. The molecule has 154 valence electrons. The predicted molar refractivity (Wildman–Crippen MR) is 106 cm³/mol. The monoisotopic (exact) mass is 402 g/mol. The van der Waals surface area contributed by atoms with Crippen molar-refractivity contribution in [3.8, 4) is 0 Å². The van der Waals surface area contributed by atoms with E-state index in [1.807, 2.05) is 0 Å². The Morgan fingerprint density at radius 3 is 2.59 bits per heavy atom. The molecule has 1 amide bonds. The van der Waals surface area contributed by atoms with Gasteiger partial charge in [0.2, 0.25) is 0 Å². The molecule has 29 heavy (non-hydrogen) atoms.